The van der Waals surface area contributed by atoms with Crippen molar-refractivity contribution in [2.75, 3.05) is 26.2 Å². The maximum absolute atomic E-state index is 12.2. The second kappa shape index (κ2) is 6.71. The molecule has 0 aromatic carbocycles. The number of hydrogen-bond donors (Lipinski definition) is 1. The molecule has 2 rings (SSSR count). The van der Waals surface area contributed by atoms with E-state index in [1.165, 1.54) is 12.8 Å². The first kappa shape index (κ1) is 14.8. The van der Waals surface area contributed by atoms with Gasteiger partial charge in [0.25, 0.3) is 0 Å². The number of carbonyl (C=O) groups excluding carboxylic acids is 1. The third kappa shape index (κ3) is 3.93. The molecule has 4 nitrogen and oxygen atoms in total. The predicted octanol–water partition coefficient (Wildman–Crippen LogP) is 1.45. The highest BCUT2D eigenvalue weighted by atomic mass is 16.2. The zero-order valence-corrected chi connectivity index (χ0v) is 12.5. The normalized spacial score (nSPS) is 22.8. The summed E-state index contributed by atoms with van der Waals surface area (Å²) in [6, 6.07) is 0.768. The lowest BCUT2D eigenvalue weighted by molar-refractivity contribution is -0.133. The monoisotopic (exact) mass is 267 g/mol. The fourth-order valence-electron chi connectivity index (χ4n) is 3.24. The number of piperidine rings is 1. The van der Waals surface area contributed by atoms with Crippen LogP contribution in [0.3, 0.4) is 0 Å². The highest BCUT2D eigenvalue weighted by molar-refractivity contribution is 5.77. The van der Waals surface area contributed by atoms with Crippen LogP contribution in [0.4, 0.5) is 0 Å². The van der Waals surface area contributed by atoms with Crippen LogP contribution >= 0.6 is 0 Å². The number of rotatable bonds is 6. The Morgan fingerprint density at radius 2 is 1.79 bits per heavy atom. The van der Waals surface area contributed by atoms with Crippen molar-refractivity contribution in [2.45, 2.75) is 58.0 Å². The van der Waals surface area contributed by atoms with Gasteiger partial charge >= 0.3 is 0 Å². The van der Waals surface area contributed by atoms with Crippen molar-refractivity contribution in [3.8, 4) is 0 Å². The fourth-order valence-corrected chi connectivity index (χ4v) is 3.24. The van der Waals surface area contributed by atoms with Gasteiger partial charge in [-0.25, -0.2) is 0 Å². The van der Waals surface area contributed by atoms with Gasteiger partial charge in [-0.3, -0.25) is 4.79 Å². The third-order valence-electron chi connectivity index (χ3n) is 4.78. The molecular weight excluding hydrogens is 238 g/mol. The summed E-state index contributed by atoms with van der Waals surface area (Å²) in [5.41, 5.74) is 6.05. The molecule has 1 aliphatic carbocycles. The van der Waals surface area contributed by atoms with E-state index in [2.05, 4.69) is 18.7 Å². The Morgan fingerprint density at radius 3 is 2.26 bits per heavy atom. The van der Waals surface area contributed by atoms with E-state index in [4.69, 9.17) is 5.73 Å². The molecule has 19 heavy (non-hydrogen) atoms. The van der Waals surface area contributed by atoms with Gasteiger partial charge < -0.3 is 15.5 Å². The first-order valence-corrected chi connectivity index (χ1v) is 7.93. The van der Waals surface area contributed by atoms with Crippen LogP contribution in [0.25, 0.3) is 0 Å². The molecule has 0 aromatic rings. The van der Waals surface area contributed by atoms with Gasteiger partial charge in [-0.05, 0) is 44.7 Å². The Balaban J connectivity index is 1.74. The van der Waals surface area contributed by atoms with E-state index in [0.29, 0.717) is 18.4 Å². The minimum atomic E-state index is 0.105. The van der Waals surface area contributed by atoms with Crippen LogP contribution in [0, 0.1) is 5.92 Å². The molecule has 4 heteroatoms. The first-order chi connectivity index (χ1) is 9.15. The summed E-state index contributed by atoms with van der Waals surface area (Å²) < 4.78 is 0. The van der Waals surface area contributed by atoms with Crippen molar-refractivity contribution in [1.29, 1.82) is 0 Å². The standard InChI is InChI=1S/C15H29N3O/c1-3-17(4-2)13-7-9-18(10-8-13)15(19)11-14(16)12-5-6-12/h12-14H,3-11,16H2,1-2H3. The zero-order valence-electron chi connectivity index (χ0n) is 12.5. The molecular formula is C15H29N3O. The average molecular weight is 267 g/mol. The number of nitrogens with two attached hydrogens (primary N) is 1. The highest BCUT2D eigenvalue weighted by Gasteiger charge is 2.32. The maximum Gasteiger partial charge on any atom is 0.224 e. The third-order valence-corrected chi connectivity index (χ3v) is 4.78. The lowest BCUT2D eigenvalue weighted by Gasteiger charge is -2.38. The molecule has 2 fully saturated rings. The van der Waals surface area contributed by atoms with Crippen molar-refractivity contribution < 1.29 is 4.79 Å². The maximum atomic E-state index is 12.2. The minimum absolute atomic E-state index is 0.105. The smallest absolute Gasteiger partial charge is 0.224 e. The Morgan fingerprint density at radius 1 is 1.21 bits per heavy atom. The Bertz CT molecular complexity index is 292. The summed E-state index contributed by atoms with van der Waals surface area (Å²) in [7, 11) is 0. The topological polar surface area (TPSA) is 49.6 Å². The molecule has 0 spiro atoms. The molecule has 1 atom stereocenters. The van der Waals surface area contributed by atoms with E-state index in [0.717, 1.165) is 39.0 Å². The van der Waals surface area contributed by atoms with Crippen LogP contribution in [-0.4, -0.2) is 54.0 Å². The first-order valence-electron chi connectivity index (χ1n) is 7.93. The van der Waals surface area contributed by atoms with Gasteiger partial charge in [0.2, 0.25) is 5.91 Å². The van der Waals surface area contributed by atoms with Crippen LogP contribution in [0.5, 0.6) is 0 Å². The van der Waals surface area contributed by atoms with Crippen LogP contribution in [0.2, 0.25) is 0 Å². The summed E-state index contributed by atoms with van der Waals surface area (Å²) in [6.45, 7) is 8.49. The minimum Gasteiger partial charge on any atom is -0.343 e. The summed E-state index contributed by atoms with van der Waals surface area (Å²) in [5.74, 6) is 0.898. The summed E-state index contributed by atoms with van der Waals surface area (Å²) in [5, 5.41) is 0. The van der Waals surface area contributed by atoms with Crippen molar-refractivity contribution in [3.63, 3.8) is 0 Å². The Kier molecular flexibility index (Phi) is 5.22. The molecule has 2 N–H and O–H groups in total. The van der Waals surface area contributed by atoms with Crippen LogP contribution in [0.1, 0.15) is 46.0 Å². The van der Waals surface area contributed by atoms with Gasteiger partial charge in [-0.2, -0.15) is 0 Å². The molecule has 1 saturated carbocycles. The lowest BCUT2D eigenvalue weighted by Crippen LogP contribution is -2.47. The number of hydrogen-bond acceptors (Lipinski definition) is 3. The number of nitrogens with zero attached hydrogens (tertiary/aromatic N) is 2. The molecule has 1 heterocycles. The molecule has 1 aliphatic heterocycles. The summed E-state index contributed by atoms with van der Waals surface area (Å²) >= 11 is 0. The van der Waals surface area contributed by atoms with E-state index in [1.807, 2.05) is 4.90 Å². The van der Waals surface area contributed by atoms with Crippen molar-refractivity contribution >= 4 is 5.91 Å². The second-order valence-corrected chi connectivity index (χ2v) is 6.04. The van der Waals surface area contributed by atoms with Gasteiger partial charge in [0.05, 0.1) is 0 Å². The zero-order chi connectivity index (χ0) is 13.8. The molecule has 2 aliphatic rings. The van der Waals surface area contributed by atoms with E-state index in [-0.39, 0.29) is 11.9 Å². The predicted molar refractivity (Wildman–Crippen MR) is 77.8 cm³/mol. The number of likely N-dealkylation sites (tertiary alicyclic amines) is 1. The molecule has 110 valence electrons. The van der Waals surface area contributed by atoms with E-state index < -0.39 is 0 Å². The van der Waals surface area contributed by atoms with E-state index in [9.17, 15) is 4.79 Å². The molecule has 0 aromatic heterocycles. The molecule has 1 saturated heterocycles. The quantitative estimate of drug-likeness (QED) is 0.792. The highest BCUT2D eigenvalue weighted by Crippen LogP contribution is 2.33. The average Bonchev–Trinajstić information content (AvgIpc) is 3.25. The fraction of sp³-hybridized carbons (Fsp3) is 0.933. The van der Waals surface area contributed by atoms with Crippen molar-refractivity contribution in [2.24, 2.45) is 11.7 Å². The van der Waals surface area contributed by atoms with Crippen molar-refractivity contribution in [3.05, 3.63) is 0 Å². The van der Waals surface area contributed by atoms with E-state index in [1.54, 1.807) is 0 Å². The summed E-state index contributed by atoms with van der Waals surface area (Å²) in [6.07, 6.45) is 5.23. The molecule has 1 unspecified atom stereocenters. The van der Waals surface area contributed by atoms with Gasteiger partial charge in [0.15, 0.2) is 0 Å². The van der Waals surface area contributed by atoms with Gasteiger partial charge in [0, 0.05) is 31.6 Å². The lowest BCUT2D eigenvalue weighted by atomic mass is 10.0. The Labute approximate surface area is 117 Å². The number of amides is 1. The van der Waals surface area contributed by atoms with Crippen LogP contribution in [-0.2, 0) is 4.79 Å². The molecule has 0 bridgehead atoms. The second-order valence-electron chi connectivity index (χ2n) is 6.04. The molecule has 1 amide bonds. The van der Waals surface area contributed by atoms with Gasteiger partial charge in [0.1, 0.15) is 0 Å². The van der Waals surface area contributed by atoms with E-state index >= 15 is 0 Å². The van der Waals surface area contributed by atoms with Gasteiger partial charge in [-0.15, -0.1) is 0 Å². The van der Waals surface area contributed by atoms with Crippen molar-refractivity contribution in [1.82, 2.24) is 9.80 Å². The number of carbonyl (C=O) groups is 1. The molecule has 0 radical (unpaired) electrons. The largest absolute Gasteiger partial charge is 0.343 e. The van der Waals surface area contributed by atoms with Crippen LogP contribution < -0.4 is 5.73 Å². The SMILES string of the molecule is CCN(CC)C1CCN(C(=O)CC(N)C2CC2)CC1. The van der Waals surface area contributed by atoms with Gasteiger partial charge in [-0.1, -0.05) is 13.8 Å². The summed E-state index contributed by atoms with van der Waals surface area (Å²) in [4.78, 5) is 16.7. The van der Waals surface area contributed by atoms with Crippen LogP contribution in [0.15, 0.2) is 0 Å². The Hall–Kier alpha value is -0.610.